The van der Waals surface area contributed by atoms with Crippen LogP contribution < -0.4 is 0 Å². The average Bonchev–Trinajstić information content (AvgIpc) is 2.48. The molecule has 2 heterocycles. The van der Waals surface area contributed by atoms with Crippen molar-refractivity contribution in [1.82, 2.24) is 9.97 Å². The van der Waals surface area contributed by atoms with E-state index in [-0.39, 0.29) is 11.3 Å². The molecule has 74 valence electrons. The average molecular weight is 208 g/mol. The fourth-order valence-electron chi connectivity index (χ4n) is 1.21. The summed E-state index contributed by atoms with van der Waals surface area (Å²) in [6, 6.07) is 2.02. The van der Waals surface area contributed by atoms with Gasteiger partial charge in [-0.15, -0.1) is 11.3 Å². The van der Waals surface area contributed by atoms with Gasteiger partial charge in [-0.1, -0.05) is 20.8 Å². The molecule has 0 radical (unpaired) electrons. The molecule has 1 N–H and O–H groups in total. The lowest BCUT2D eigenvalue weighted by molar-refractivity contribution is 0.460. The van der Waals surface area contributed by atoms with Gasteiger partial charge in [0.25, 0.3) is 0 Å². The third-order valence-corrected chi connectivity index (χ3v) is 3.58. The zero-order chi connectivity index (χ0) is 10.3. The molecule has 3 nitrogen and oxygen atoms in total. The highest BCUT2D eigenvalue weighted by Gasteiger charge is 2.18. The lowest BCUT2D eigenvalue weighted by Crippen LogP contribution is -2.07. The SMILES string of the molecule is CC(C)(C)c1cc2ncnc(O)c2s1. The van der Waals surface area contributed by atoms with Crippen LogP contribution in [-0.4, -0.2) is 15.1 Å². The van der Waals surface area contributed by atoms with Gasteiger partial charge in [0.1, 0.15) is 11.0 Å². The summed E-state index contributed by atoms with van der Waals surface area (Å²) >= 11 is 1.56. The maximum atomic E-state index is 9.51. The van der Waals surface area contributed by atoms with Crippen molar-refractivity contribution >= 4 is 21.6 Å². The van der Waals surface area contributed by atoms with Crippen molar-refractivity contribution in [1.29, 1.82) is 0 Å². The fraction of sp³-hybridized carbons (Fsp3) is 0.400. The van der Waals surface area contributed by atoms with Gasteiger partial charge in [-0.05, 0) is 11.5 Å². The standard InChI is InChI=1S/C10H12N2OS/c1-10(2,3)7-4-6-8(14-7)9(13)12-5-11-6/h4-5H,1-3H3,(H,11,12,13). The number of thiophene rings is 1. The molecule has 0 amide bonds. The monoisotopic (exact) mass is 208 g/mol. The van der Waals surface area contributed by atoms with Crippen molar-refractivity contribution < 1.29 is 5.11 Å². The molecule has 0 saturated heterocycles. The topological polar surface area (TPSA) is 46.0 Å². The van der Waals surface area contributed by atoms with E-state index in [0.29, 0.717) is 0 Å². The fourth-order valence-corrected chi connectivity index (χ4v) is 2.27. The maximum absolute atomic E-state index is 9.51. The number of hydrogen-bond acceptors (Lipinski definition) is 4. The van der Waals surface area contributed by atoms with E-state index in [9.17, 15) is 5.11 Å². The van der Waals surface area contributed by atoms with Crippen molar-refractivity contribution in [3.05, 3.63) is 17.3 Å². The Kier molecular flexibility index (Phi) is 1.96. The van der Waals surface area contributed by atoms with Gasteiger partial charge in [-0.3, -0.25) is 0 Å². The summed E-state index contributed by atoms with van der Waals surface area (Å²) in [6.45, 7) is 6.42. The summed E-state index contributed by atoms with van der Waals surface area (Å²) < 4.78 is 0.775. The molecule has 14 heavy (non-hydrogen) atoms. The largest absolute Gasteiger partial charge is 0.492 e. The number of fused-ring (bicyclic) bond motifs is 1. The lowest BCUT2D eigenvalue weighted by Gasteiger charge is -2.14. The Labute approximate surface area is 86.4 Å². The van der Waals surface area contributed by atoms with Gasteiger partial charge < -0.3 is 5.11 Å². The summed E-state index contributed by atoms with van der Waals surface area (Å²) in [6.07, 6.45) is 1.39. The molecule has 0 fully saturated rings. The van der Waals surface area contributed by atoms with Gasteiger partial charge in [-0.25, -0.2) is 9.97 Å². The number of rotatable bonds is 0. The van der Waals surface area contributed by atoms with Crippen molar-refractivity contribution in [2.24, 2.45) is 0 Å². The Morgan fingerprint density at radius 3 is 2.57 bits per heavy atom. The van der Waals surface area contributed by atoms with E-state index in [4.69, 9.17) is 0 Å². The van der Waals surface area contributed by atoms with Gasteiger partial charge in [0.2, 0.25) is 5.88 Å². The van der Waals surface area contributed by atoms with E-state index < -0.39 is 0 Å². The second-order valence-corrected chi connectivity index (χ2v) is 5.32. The van der Waals surface area contributed by atoms with Crippen LogP contribution in [0.5, 0.6) is 5.88 Å². The normalized spacial score (nSPS) is 12.2. The molecular formula is C10H12N2OS. The number of aromatic nitrogens is 2. The second-order valence-electron chi connectivity index (χ2n) is 4.27. The molecule has 0 bridgehead atoms. The van der Waals surface area contributed by atoms with E-state index in [1.54, 1.807) is 11.3 Å². The highest BCUT2D eigenvalue weighted by molar-refractivity contribution is 7.19. The molecule has 0 aliphatic rings. The molecule has 2 aromatic rings. The zero-order valence-corrected chi connectivity index (χ0v) is 9.22. The maximum Gasteiger partial charge on any atom is 0.232 e. The predicted molar refractivity (Wildman–Crippen MR) is 57.8 cm³/mol. The third-order valence-electron chi connectivity index (χ3n) is 2.03. The first kappa shape index (κ1) is 9.40. The summed E-state index contributed by atoms with van der Waals surface area (Å²) in [5, 5.41) is 9.51. The van der Waals surface area contributed by atoms with E-state index in [1.165, 1.54) is 11.2 Å². The molecule has 0 aromatic carbocycles. The van der Waals surface area contributed by atoms with Crippen LogP contribution in [0.1, 0.15) is 25.6 Å². The van der Waals surface area contributed by atoms with Crippen molar-refractivity contribution in [2.45, 2.75) is 26.2 Å². The molecule has 0 unspecified atom stereocenters. The first-order valence-electron chi connectivity index (χ1n) is 4.42. The van der Waals surface area contributed by atoms with Gasteiger partial charge in [-0.2, -0.15) is 0 Å². The number of hydrogen-bond donors (Lipinski definition) is 1. The quantitative estimate of drug-likeness (QED) is 0.724. The molecule has 0 aliphatic heterocycles. The van der Waals surface area contributed by atoms with E-state index in [0.717, 1.165) is 10.2 Å². The van der Waals surface area contributed by atoms with E-state index in [1.807, 2.05) is 6.07 Å². The molecule has 2 aromatic heterocycles. The Morgan fingerprint density at radius 1 is 1.29 bits per heavy atom. The molecule has 0 saturated carbocycles. The van der Waals surface area contributed by atoms with Gasteiger partial charge in [0.15, 0.2) is 0 Å². The van der Waals surface area contributed by atoms with Crippen LogP contribution in [0.15, 0.2) is 12.4 Å². The Balaban J connectivity index is 2.69. The highest BCUT2D eigenvalue weighted by atomic mass is 32.1. The van der Waals surface area contributed by atoms with Crippen LogP contribution in [0.2, 0.25) is 0 Å². The lowest BCUT2D eigenvalue weighted by atomic mass is 9.95. The Hall–Kier alpha value is -1.16. The smallest absolute Gasteiger partial charge is 0.232 e. The molecule has 0 aliphatic carbocycles. The van der Waals surface area contributed by atoms with Crippen molar-refractivity contribution in [3.63, 3.8) is 0 Å². The second kappa shape index (κ2) is 2.92. The predicted octanol–water partition coefficient (Wildman–Crippen LogP) is 2.69. The summed E-state index contributed by atoms with van der Waals surface area (Å²) in [5.74, 6) is 0.0792. The molecule has 0 atom stereocenters. The summed E-state index contributed by atoms with van der Waals surface area (Å²) in [5.41, 5.74) is 0.921. The Morgan fingerprint density at radius 2 is 2.00 bits per heavy atom. The molecule has 0 spiro atoms. The third kappa shape index (κ3) is 1.46. The van der Waals surface area contributed by atoms with Crippen LogP contribution in [0.4, 0.5) is 0 Å². The first-order valence-corrected chi connectivity index (χ1v) is 5.24. The van der Waals surface area contributed by atoms with Crippen LogP contribution in [0.3, 0.4) is 0 Å². The van der Waals surface area contributed by atoms with Crippen LogP contribution >= 0.6 is 11.3 Å². The summed E-state index contributed by atoms with van der Waals surface area (Å²) in [7, 11) is 0. The first-order chi connectivity index (χ1) is 6.48. The minimum atomic E-state index is 0.0792. The van der Waals surface area contributed by atoms with Crippen molar-refractivity contribution in [3.8, 4) is 5.88 Å². The van der Waals surface area contributed by atoms with Gasteiger partial charge in [0, 0.05) is 4.88 Å². The van der Waals surface area contributed by atoms with Gasteiger partial charge >= 0.3 is 0 Å². The minimum Gasteiger partial charge on any atom is -0.492 e. The minimum absolute atomic E-state index is 0.0792. The molecular weight excluding hydrogens is 196 g/mol. The zero-order valence-electron chi connectivity index (χ0n) is 8.40. The van der Waals surface area contributed by atoms with Crippen molar-refractivity contribution in [2.75, 3.05) is 0 Å². The molecule has 2 rings (SSSR count). The van der Waals surface area contributed by atoms with E-state index in [2.05, 4.69) is 30.7 Å². The van der Waals surface area contributed by atoms with Crippen LogP contribution in [-0.2, 0) is 5.41 Å². The Bertz CT molecular complexity index is 470. The van der Waals surface area contributed by atoms with Gasteiger partial charge in [0.05, 0.1) is 5.52 Å². The van der Waals surface area contributed by atoms with Crippen LogP contribution in [0.25, 0.3) is 10.2 Å². The van der Waals surface area contributed by atoms with E-state index >= 15 is 0 Å². The number of aromatic hydroxyl groups is 1. The molecule has 4 heteroatoms. The van der Waals surface area contributed by atoms with Crippen LogP contribution in [0, 0.1) is 0 Å². The highest BCUT2D eigenvalue weighted by Crippen LogP contribution is 2.36. The number of nitrogens with zero attached hydrogens (tertiary/aromatic N) is 2. The summed E-state index contributed by atoms with van der Waals surface area (Å²) in [4.78, 5) is 9.08.